The monoisotopic (exact) mass is 491 g/mol. The largest absolute Gasteiger partial charge is 0.357 e. The Kier molecular flexibility index (Phi) is 10.9. The minimum atomic E-state index is -0.0806. The van der Waals surface area contributed by atoms with Crippen LogP contribution < -0.4 is 16.0 Å². The topological polar surface area (TPSA) is 96.2 Å². The number of carbonyl (C=O) groups is 1. The number of nitrogens with zero attached hydrogens (tertiary/aromatic N) is 4. The molecule has 0 unspecified atom stereocenters. The predicted octanol–water partition coefficient (Wildman–Crippen LogP) is 1.64. The SMILES string of the molecule is CCNC(=NCCCn1cccn1)NCCNC(=O)c1scnc1C.I. The molecule has 1 amide bonds. The van der Waals surface area contributed by atoms with Crippen molar-refractivity contribution >= 4 is 47.2 Å². The molecule has 144 valence electrons. The van der Waals surface area contributed by atoms with Crippen LogP contribution in [-0.2, 0) is 6.54 Å². The van der Waals surface area contributed by atoms with Crippen LogP contribution in [-0.4, -0.2) is 52.8 Å². The molecule has 2 aromatic heterocycles. The highest BCUT2D eigenvalue weighted by Gasteiger charge is 2.10. The molecule has 2 heterocycles. The molecule has 0 spiro atoms. The summed E-state index contributed by atoms with van der Waals surface area (Å²) >= 11 is 1.36. The first-order valence-corrected chi connectivity index (χ1v) is 9.26. The van der Waals surface area contributed by atoms with E-state index in [4.69, 9.17) is 0 Å². The molecule has 2 rings (SSSR count). The minimum absolute atomic E-state index is 0. The molecule has 0 bridgehead atoms. The first kappa shape index (κ1) is 22.4. The van der Waals surface area contributed by atoms with Gasteiger partial charge in [0.05, 0.1) is 11.2 Å². The second kappa shape index (κ2) is 12.6. The molecule has 0 atom stereocenters. The average Bonchev–Trinajstić information content (AvgIpc) is 3.26. The summed E-state index contributed by atoms with van der Waals surface area (Å²) in [6.07, 6.45) is 4.64. The Bertz CT molecular complexity index is 672. The van der Waals surface area contributed by atoms with Crippen LogP contribution >= 0.6 is 35.3 Å². The lowest BCUT2D eigenvalue weighted by Crippen LogP contribution is -2.41. The summed E-state index contributed by atoms with van der Waals surface area (Å²) in [5, 5.41) is 13.5. The summed E-state index contributed by atoms with van der Waals surface area (Å²) in [4.78, 5) is 21.3. The van der Waals surface area contributed by atoms with Gasteiger partial charge in [-0.1, -0.05) is 0 Å². The molecule has 0 saturated carbocycles. The molecule has 0 fully saturated rings. The molecule has 0 radical (unpaired) electrons. The van der Waals surface area contributed by atoms with Gasteiger partial charge in [0.15, 0.2) is 5.96 Å². The molecule has 0 aliphatic carbocycles. The van der Waals surface area contributed by atoms with Crippen molar-refractivity contribution in [3.63, 3.8) is 0 Å². The van der Waals surface area contributed by atoms with Crippen molar-refractivity contribution in [1.82, 2.24) is 30.7 Å². The first-order valence-electron chi connectivity index (χ1n) is 8.38. The number of hydrogen-bond acceptors (Lipinski definition) is 5. The molecular weight excluding hydrogens is 465 g/mol. The highest BCUT2D eigenvalue weighted by molar-refractivity contribution is 14.0. The van der Waals surface area contributed by atoms with Gasteiger partial charge in [0.2, 0.25) is 0 Å². The van der Waals surface area contributed by atoms with E-state index in [1.165, 1.54) is 11.3 Å². The van der Waals surface area contributed by atoms with E-state index in [-0.39, 0.29) is 29.9 Å². The second-order valence-electron chi connectivity index (χ2n) is 5.33. The van der Waals surface area contributed by atoms with Crippen LogP contribution in [0.1, 0.15) is 28.7 Å². The number of nitrogens with one attached hydrogen (secondary N) is 3. The van der Waals surface area contributed by atoms with Crippen molar-refractivity contribution in [2.24, 2.45) is 4.99 Å². The Balaban J connectivity index is 0.00000338. The number of halogens is 1. The maximum atomic E-state index is 12.0. The second-order valence-corrected chi connectivity index (χ2v) is 6.19. The Morgan fingerprint density at radius 3 is 2.77 bits per heavy atom. The third-order valence-electron chi connectivity index (χ3n) is 3.37. The summed E-state index contributed by atoms with van der Waals surface area (Å²) in [5.74, 6) is 0.675. The first-order chi connectivity index (χ1) is 12.2. The third kappa shape index (κ3) is 7.68. The molecule has 8 nitrogen and oxygen atoms in total. The maximum absolute atomic E-state index is 12.0. The van der Waals surface area contributed by atoms with Crippen molar-refractivity contribution in [2.45, 2.75) is 26.8 Å². The van der Waals surface area contributed by atoms with Gasteiger partial charge in [-0.2, -0.15) is 5.10 Å². The molecule has 0 aromatic carbocycles. The summed E-state index contributed by atoms with van der Waals surface area (Å²) in [6, 6.07) is 1.91. The van der Waals surface area contributed by atoms with Gasteiger partial charge >= 0.3 is 0 Å². The quantitative estimate of drug-likeness (QED) is 0.215. The van der Waals surface area contributed by atoms with Gasteiger partial charge in [-0.05, 0) is 26.3 Å². The predicted molar refractivity (Wildman–Crippen MR) is 115 cm³/mol. The Morgan fingerprint density at radius 1 is 1.31 bits per heavy atom. The highest BCUT2D eigenvalue weighted by Crippen LogP contribution is 2.10. The zero-order chi connectivity index (χ0) is 17.9. The van der Waals surface area contributed by atoms with Gasteiger partial charge < -0.3 is 16.0 Å². The number of carbonyl (C=O) groups excluding carboxylic acids is 1. The van der Waals surface area contributed by atoms with Crippen molar-refractivity contribution < 1.29 is 4.79 Å². The minimum Gasteiger partial charge on any atom is -0.357 e. The Hall–Kier alpha value is -1.69. The van der Waals surface area contributed by atoms with Crippen LogP contribution in [0, 0.1) is 6.92 Å². The van der Waals surface area contributed by atoms with Gasteiger partial charge in [-0.3, -0.25) is 14.5 Å². The molecule has 10 heteroatoms. The lowest BCUT2D eigenvalue weighted by molar-refractivity contribution is 0.0957. The summed E-state index contributed by atoms with van der Waals surface area (Å²) in [7, 11) is 0. The van der Waals surface area contributed by atoms with E-state index in [2.05, 4.69) is 31.0 Å². The van der Waals surface area contributed by atoms with Crippen molar-refractivity contribution in [1.29, 1.82) is 0 Å². The van der Waals surface area contributed by atoms with E-state index in [1.54, 1.807) is 11.7 Å². The van der Waals surface area contributed by atoms with Crippen LogP contribution in [0.3, 0.4) is 0 Å². The smallest absolute Gasteiger partial charge is 0.263 e. The zero-order valence-electron chi connectivity index (χ0n) is 15.1. The fourth-order valence-corrected chi connectivity index (χ4v) is 2.87. The molecule has 0 saturated heterocycles. The van der Waals surface area contributed by atoms with E-state index >= 15 is 0 Å². The van der Waals surface area contributed by atoms with Gasteiger partial charge in [0.25, 0.3) is 5.91 Å². The fraction of sp³-hybridized carbons (Fsp3) is 0.500. The molecule has 0 aliphatic rings. The standard InChI is InChI=1S/C16H25N7OS.HI/c1-3-17-16(19-6-4-10-23-11-5-7-22-23)20-9-8-18-15(24)14-13(2)21-12-25-14;/h5,7,11-12H,3-4,6,8-10H2,1-2H3,(H,18,24)(H2,17,19,20);1H. The number of guanidine groups is 1. The third-order valence-corrected chi connectivity index (χ3v) is 4.30. The normalized spacial score (nSPS) is 10.9. The van der Waals surface area contributed by atoms with E-state index in [0.717, 1.165) is 31.2 Å². The maximum Gasteiger partial charge on any atom is 0.263 e. The Morgan fingerprint density at radius 2 is 2.12 bits per heavy atom. The molecule has 2 aromatic rings. The summed E-state index contributed by atoms with van der Waals surface area (Å²) in [5.41, 5.74) is 2.45. The van der Waals surface area contributed by atoms with Crippen molar-refractivity contribution in [3.05, 3.63) is 34.5 Å². The summed E-state index contributed by atoms with van der Waals surface area (Å²) in [6.45, 7) is 7.33. The van der Waals surface area contributed by atoms with Crippen LogP contribution in [0.4, 0.5) is 0 Å². The van der Waals surface area contributed by atoms with Crippen LogP contribution in [0.15, 0.2) is 29.0 Å². The van der Waals surface area contributed by atoms with E-state index in [0.29, 0.717) is 24.5 Å². The number of amides is 1. The number of aromatic nitrogens is 3. The van der Waals surface area contributed by atoms with Crippen molar-refractivity contribution in [2.75, 3.05) is 26.2 Å². The van der Waals surface area contributed by atoms with E-state index < -0.39 is 0 Å². The number of rotatable bonds is 9. The van der Waals surface area contributed by atoms with E-state index in [1.807, 2.05) is 30.8 Å². The van der Waals surface area contributed by atoms with E-state index in [9.17, 15) is 4.79 Å². The average molecular weight is 491 g/mol. The van der Waals surface area contributed by atoms with Crippen LogP contribution in [0.25, 0.3) is 0 Å². The number of aryl methyl sites for hydroxylation is 2. The number of thiazole rings is 1. The zero-order valence-corrected chi connectivity index (χ0v) is 18.2. The lowest BCUT2D eigenvalue weighted by atomic mass is 10.4. The van der Waals surface area contributed by atoms with Crippen LogP contribution in [0.2, 0.25) is 0 Å². The molecule has 3 N–H and O–H groups in total. The van der Waals surface area contributed by atoms with Gasteiger partial charge in [-0.25, -0.2) is 4.98 Å². The highest BCUT2D eigenvalue weighted by atomic mass is 127. The summed E-state index contributed by atoms with van der Waals surface area (Å²) < 4.78 is 1.90. The molecular formula is C16H26IN7OS. The van der Waals surface area contributed by atoms with Gasteiger partial charge in [0, 0.05) is 45.1 Å². The van der Waals surface area contributed by atoms with Gasteiger partial charge in [0.1, 0.15) is 4.88 Å². The molecule has 26 heavy (non-hydrogen) atoms. The Labute approximate surface area is 174 Å². The van der Waals surface area contributed by atoms with Gasteiger partial charge in [-0.15, -0.1) is 35.3 Å². The van der Waals surface area contributed by atoms with Crippen molar-refractivity contribution in [3.8, 4) is 0 Å². The number of aliphatic imine (C=N–C) groups is 1. The van der Waals surface area contributed by atoms with Crippen LogP contribution in [0.5, 0.6) is 0 Å². The number of hydrogen-bond donors (Lipinski definition) is 3. The lowest BCUT2D eigenvalue weighted by Gasteiger charge is -2.11. The molecule has 0 aliphatic heterocycles. The fourth-order valence-electron chi connectivity index (χ4n) is 2.16.